The lowest BCUT2D eigenvalue weighted by molar-refractivity contribution is -0.142. The van der Waals surface area contributed by atoms with E-state index in [0.29, 0.717) is 23.4 Å². The van der Waals surface area contributed by atoms with Gasteiger partial charge in [0, 0.05) is 18.0 Å². The van der Waals surface area contributed by atoms with Gasteiger partial charge < -0.3 is 15.5 Å². The van der Waals surface area contributed by atoms with E-state index in [1.54, 1.807) is 12.1 Å². The molecule has 1 fully saturated rings. The monoisotopic (exact) mass is 459 g/mol. The van der Waals surface area contributed by atoms with E-state index in [-0.39, 0.29) is 34.4 Å². The second kappa shape index (κ2) is 9.80. The third kappa shape index (κ3) is 5.63. The number of imide groups is 1. The number of amides is 3. The van der Waals surface area contributed by atoms with Crippen LogP contribution in [0.25, 0.3) is 0 Å². The number of nitrogens with zero attached hydrogens (tertiary/aromatic N) is 1. The smallest absolute Gasteiger partial charge is 0.322 e. The third-order valence-electron chi connectivity index (χ3n) is 4.87. The van der Waals surface area contributed by atoms with Gasteiger partial charge in [-0.05, 0) is 55.7 Å². The lowest BCUT2D eigenvalue weighted by Crippen LogP contribution is -2.53. The number of aromatic hydroxyl groups is 1. The van der Waals surface area contributed by atoms with Crippen LogP contribution in [0.1, 0.15) is 46.0 Å². The molecule has 9 nitrogen and oxygen atoms in total. The Morgan fingerprint density at radius 1 is 1.16 bits per heavy atom. The number of nitrogens with one attached hydrogen (secondary N) is 2. The number of benzene rings is 2. The molecule has 4 N–H and O–H groups in total. The summed E-state index contributed by atoms with van der Waals surface area (Å²) >= 11 is 6.23. The maximum atomic E-state index is 13.0. The van der Waals surface area contributed by atoms with Crippen LogP contribution in [0.5, 0.6) is 5.75 Å². The molecule has 0 heterocycles. The Morgan fingerprint density at radius 3 is 2.47 bits per heavy atom. The molecule has 0 bridgehead atoms. The number of hydrogen-bond acceptors (Lipinski definition) is 6. The van der Waals surface area contributed by atoms with E-state index in [0.717, 1.165) is 0 Å². The highest BCUT2D eigenvalue weighted by Gasteiger charge is 2.38. The van der Waals surface area contributed by atoms with Gasteiger partial charge >= 0.3 is 5.97 Å². The number of halogens is 1. The van der Waals surface area contributed by atoms with Crippen molar-refractivity contribution in [2.24, 2.45) is 5.92 Å². The molecule has 1 saturated carbocycles. The minimum absolute atomic E-state index is 0.0460. The zero-order chi connectivity index (χ0) is 23.4. The van der Waals surface area contributed by atoms with Crippen LogP contribution in [0.3, 0.4) is 0 Å². The summed E-state index contributed by atoms with van der Waals surface area (Å²) in [5.41, 5.74) is 3.27. The summed E-state index contributed by atoms with van der Waals surface area (Å²) in [6, 6.07) is 9.25. The molecule has 3 rings (SSSR count). The quantitative estimate of drug-likeness (QED) is 0.351. The molecule has 0 aromatic heterocycles. The summed E-state index contributed by atoms with van der Waals surface area (Å²) in [5, 5.41) is 21.9. The summed E-state index contributed by atoms with van der Waals surface area (Å²) in [6.07, 6.45) is 1.25. The van der Waals surface area contributed by atoms with E-state index in [2.05, 4.69) is 10.7 Å². The lowest BCUT2D eigenvalue weighted by Gasteiger charge is -2.24. The van der Waals surface area contributed by atoms with Gasteiger partial charge in [0.2, 0.25) is 5.91 Å². The zero-order valence-corrected chi connectivity index (χ0v) is 17.9. The van der Waals surface area contributed by atoms with E-state index in [4.69, 9.17) is 16.7 Å². The number of rotatable bonds is 8. The molecule has 0 aliphatic heterocycles. The minimum atomic E-state index is -1.23. The first-order chi connectivity index (χ1) is 15.2. The number of carboxylic acids is 1. The van der Waals surface area contributed by atoms with Crippen LogP contribution in [0.4, 0.5) is 0 Å². The number of phenolic OH excluding ortho intramolecular Hbond substituents is 1. The second-order valence-corrected chi connectivity index (χ2v) is 7.90. The average Bonchev–Trinajstić information content (AvgIpc) is 3.60. The molecule has 0 radical (unpaired) electrons. The number of carbonyl (C=O) groups excluding carboxylic acids is 3. The largest absolute Gasteiger partial charge is 0.508 e. The molecule has 32 heavy (non-hydrogen) atoms. The van der Waals surface area contributed by atoms with Gasteiger partial charge in [-0.1, -0.05) is 23.7 Å². The van der Waals surface area contributed by atoms with Crippen LogP contribution >= 0.6 is 11.6 Å². The summed E-state index contributed by atoms with van der Waals surface area (Å²) < 4.78 is 0. The maximum absolute atomic E-state index is 13.0. The van der Waals surface area contributed by atoms with Crippen LogP contribution in [-0.2, 0) is 16.1 Å². The number of hydrogen-bond donors (Lipinski definition) is 4. The van der Waals surface area contributed by atoms with Gasteiger partial charge in [0.25, 0.3) is 11.8 Å². The molecule has 2 aromatic carbocycles. The number of hydrazine groups is 1. The van der Waals surface area contributed by atoms with Crippen LogP contribution in [0.2, 0.25) is 5.02 Å². The van der Waals surface area contributed by atoms with Gasteiger partial charge in [0.1, 0.15) is 11.8 Å². The fourth-order valence-electron chi connectivity index (χ4n) is 2.89. The molecule has 1 aliphatic carbocycles. The van der Waals surface area contributed by atoms with Gasteiger partial charge in [-0.25, -0.2) is 10.4 Å². The van der Waals surface area contributed by atoms with Crippen LogP contribution < -0.4 is 10.7 Å². The Kier molecular flexibility index (Phi) is 7.12. The first-order valence-electron chi connectivity index (χ1n) is 9.90. The topological polar surface area (TPSA) is 136 Å². The van der Waals surface area contributed by atoms with E-state index in [9.17, 15) is 24.3 Å². The van der Waals surface area contributed by atoms with Crippen molar-refractivity contribution in [2.45, 2.75) is 32.4 Å². The highest BCUT2D eigenvalue weighted by molar-refractivity contribution is 6.34. The Bertz CT molecular complexity index is 1070. The summed E-state index contributed by atoms with van der Waals surface area (Å²) in [7, 11) is 0. The molecule has 168 valence electrons. The van der Waals surface area contributed by atoms with Crippen LogP contribution in [0, 0.1) is 5.92 Å². The fraction of sp³-hybridized carbons (Fsp3) is 0.273. The molecular formula is C22H22ClN3O6. The van der Waals surface area contributed by atoms with Gasteiger partial charge in [-0.15, -0.1) is 0 Å². The van der Waals surface area contributed by atoms with Crippen molar-refractivity contribution >= 4 is 35.3 Å². The van der Waals surface area contributed by atoms with Gasteiger partial charge in [0.05, 0.1) is 10.6 Å². The van der Waals surface area contributed by atoms with Gasteiger partial charge in [-0.2, -0.15) is 0 Å². The van der Waals surface area contributed by atoms with Crippen molar-refractivity contribution in [3.05, 3.63) is 64.2 Å². The minimum Gasteiger partial charge on any atom is -0.508 e. The van der Waals surface area contributed by atoms with Crippen molar-refractivity contribution in [1.82, 2.24) is 15.8 Å². The molecule has 0 saturated heterocycles. The highest BCUT2D eigenvalue weighted by atomic mass is 35.5. The van der Waals surface area contributed by atoms with Gasteiger partial charge in [0.15, 0.2) is 0 Å². The van der Waals surface area contributed by atoms with E-state index >= 15 is 0 Å². The molecule has 0 spiro atoms. The van der Waals surface area contributed by atoms with Crippen LogP contribution in [0.15, 0.2) is 42.5 Å². The number of carboxylic acid groups (broad SMARTS) is 1. The van der Waals surface area contributed by atoms with Crippen molar-refractivity contribution in [1.29, 1.82) is 0 Å². The van der Waals surface area contributed by atoms with E-state index < -0.39 is 29.7 Å². The Morgan fingerprint density at radius 2 is 1.88 bits per heavy atom. The Balaban J connectivity index is 1.74. The van der Waals surface area contributed by atoms with E-state index in [1.165, 1.54) is 37.3 Å². The number of aliphatic carboxylic acids is 1. The number of carbonyl (C=O) groups is 4. The standard InChI is InChI=1S/C22H22ClN3O6/c1-12(22(31)32)25-26(20(29)14-5-6-14)21(30)17-8-7-15(10-18(17)23)19(28)24-11-13-3-2-4-16(27)9-13/h2-4,7-10,12,14,25,27H,5-6,11H2,1H3,(H,24,28)(H,31,32)/t12-/m0/s1. The molecule has 3 amide bonds. The first kappa shape index (κ1) is 23.2. The fourth-order valence-corrected chi connectivity index (χ4v) is 3.15. The third-order valence-corrected chi connectivity index (χ3v) is 5.18. The van der Waals surface area contributed by atoms with E-state index in [1.807, 2.05) is 0 Å². The molecule has 1 aliphatic rings. The van der Waals surface area contributed by atoms with Gasteiger partial charge in [-0.3, -0.25) is 19.2 Å². The average molecular weight is 460 g/mol. The molecule has 10 heteroatoms. The number of phenols is 1. The normalized spacial score (nSPS) is 13.8. The van der Waals surface area contributed by atoms with Crippen LogP contribution in [-0.4, -0.2) is 45.0 Å². The summed E-state index contributed by atoms with van der Waals surface area (Å²) in [4.78, 5) is 49.1. The molecule has 2 aromatic rings. The highest BCUT2D eigenvalue weighted by Crippen LogP contribution is 2.31. The molecular weight excluding hydrogens is 438 g/mol. The molecule has 0 unspecified atom stereocenters. The lowest BCUT2D eigenvalue weighted by atomic mass is 10.1. The predicted octanol–water partition coefficient (Wildman–Crippen LogP) is 2.33. The SMILES string of the molecule is C[C@H](NN(C(=O)c1ccc(C(=O)NCc2cccc(O)c2)cc1Cl)C(=O)C1CC1)C(=O)O. The van der Waals surface area contributed by atoms with Crippen molar-refractivity contribution in [3.63, 3.8) is 0 Å². The molecule has 1 atom stereocenters. The maximum Gasteiger partial charge on any atom is 0.322 e. The Labute approximate surface area is 188 Å². The van der Waals surface area contributed by atoms with Crippen molar-refractivity contribution in [3.8, 4) is 5.75 Å². The summed E-state index contributed by atoms with van der Waals surface area (Å²) in [5.74, 6) is -3.25. The first-order valence-corrected chi connectivity index (χ1v) is 10.3. The summed E-state index contributed by atoms with van der Waals surface area (Å²) in [6.45, 7) is 1.48. The van der Waals surface area contributed by atoms with Crippen molar-refractivity contribution in [2.75, 3.05) is 0 Å². The predicted molar refractivity (Wildman–Crippen MR) is 115 cm³/mol. The van der Waals surface area contributed by atoms with Crippen molar-refractivity contribution < 1.29 is 29.4 Å². The second-order valence-electron chi connectivity index (χ2n) is 7.49. The zero-order valence-electron chi connectivity index (χ0n) is 17.2. The Hall–Kier alpha value is -3.43.